The zero-order valence-corrected chi connectivity index (χ0v) is 19.7. The first-order chi connectivity index (χ1) is 15.5. The Morgan fingerprint density at radius 1 is 0.818 bits per heavy atom. The van der Waals surface area contributed by atoms with Gasteiger partial charge in [-0.05, 0) is 59.5 Å². The summed E-state index contributed by atoms with van der Waals surface area (Å²) in [6, 6.07) is 19.3. The minimum Gasteiger partial charge on any atom is -0.465 e. The number of ether oxygens (including phenoxy) is 1. The first kappa shape index (κ1) is 24.0. The van der Waals surface area contributed by atoms with Crippen molar-refractivity contribution in [1.82, 2.24) is 0 Å². The Labute approximate surface area is 193 Å². The smallest absolute Gasteiger partial charge is 0.337 e. The SMILES string of the molecule is COC(=O)c1cccc(S(=O)(=O)Nc2cccc(NC(=O)c3ccc(C(C)(C)C)cc3)c2)c1. The van der Waals surface area contributed by atoms with E-state index >= 15 is 0 Å². The lowest BCUT2D eigenvalue weighted by molar-refractivity contribution is 0.0600. The van der Waals surface area contributed by atoms with Crippen molar-refractivity contribution in [3.63, 3.8) is 0 Å². The number of hydrogen-bond donors (Lipinski definition) is 2. The highest BCUT2D eigenvalue weighted by Gasteiger charge is 2.18. The minimum atomic E-state index is -3.96. The summed E-state index contributed by atoms with van der Waals surface area (Å²) in [7, 11) is -2.74. The van der Waals surface area contributed by atoms with Crippen LogP contribution in [0.25, 0.3) is 0 Å². The summed E-state index contributed by atoms with van der Waals surface area (Å²) in [6.07, 6.45) is 0. The van der Waals surface area contributed by atoms with Gasteiger partial charge in [0.2, 0.25) is 0 Å². The standard InChI is InChI=1S/C25H26N2O5S/c1-25(2,3)19-13-11-17(12-14-19)23(28)26-20-8-6-9-21(16-20)27-33(30,31)22-10-5-7-18(15-22)24(29)32-4/h5-16,27H,1-4H3,(H,26,28). The Bertz CT molecular complexity index is 1280. The molecule has 3 rings (SSSR count). The van der Waals surface area contributed by atoms with Gasteiger partial charge in [-0.1, -0.05) is 45.0 Å². The molecule has 0 aromatic heterocycles. The Kier molecular flexibility index (Phi) is 6.88. The van der Waals surface area contributed by atoms with Crippen molar-refractivity contribution in [3.8, 4) is 0 Å². The zero-order valence-electron chi connectivity index (χ0n) is 18.9. The second-order valence-electron chi connectivity index (χ2n) is 8.49. The number of esters is 1. The molecule has 0 spiro atoms. The summed E-state index contributed by atoms with van der Waals surface area (Å²) in [4.78, 5) is 24.2. The first-order valence-electron chi connectivity index (χ1n) is 10.2. The molecule has 3 aromatic carbocycles. The van der Waals surface area contributed by atoms with Gasteiger partial charge in [0.05, 0.1) is 23.3 Å². The molecule has 0 aliphatic carbocycles. The van der Waals surface area contributed by atoms with Crippen molar-refractivity contribution in [2.24, 2.45) is 0 Å². The average Bonchev–Trinajstić information content (AvgIpc) is 2.78. The molecule has 7 nitrogen and oxygen atoms in total. The lowest BCUT2D eigenvalue weighted by Crippen LogP contribution is -2.15. The monoisotopic (exact) mass is 466 g/mol. The molecule has 0 heterocycles. The van der Waals surface area contributed by atoms with Gasteiger partial charge in [-0.15, -0.1) is 0 Å². The van der Waals surface area contributed by atoms with E-state index in [-0.39, 0.29) is 27.5 Å². The number of carbonyl (C=O) groups is 2. The molecule has 33 heavy (non-hydrogen) atoms. The fourth-order valence-electron chi connectivity index (χ4n) is 3.11. The number of nitrogens with one attached hydrogen (secondary N) is 2. The van der Waals surface area contributed by atoms with Crippen LogP contribution in [0.3, 0.4) is 0 Å². The van der Waals surface area contributed by atoms with Crippen LogP contribution < -0.4 is 10.0 Å². The molecule has 2 N–H and O–H groups in total. The van der Waals surface area contributed by atoms with Crippen molar-refractivity contribution >= 4 is 33.3 Å². The van der Waals surface area contributed by atoms with Gasteiger partial charge in [-0.25, -0.2) is 13.2 Å². The first-order valence-corrected chi connectivity index (χ1v) is 11.7. The summed E-state index contributed by atoms with van der Waals surface area (Å²) in [6.45, 7) is 6.29. The Morgan fingerprint density at radius 2 is 1.45 bits per heavy atom. The van der Waals surface area contributed by atoms with E-state index in [9.17, 15) is 18.0 Å². The third-order valence-electron chi connectivity index (χ3n) is 4.95. The fourth-order valence-corrected chi connectivity index (χ4v) is 4.20. The molecule has 0 saturated carbocycles. The van der Waals surface area contributed by atoms with Gasteiger partial charge in [0.15, 0.2) is 0 Å². The molecule has 0 atom stereocenters. The van der Waals surface area contributed by atoms with Crippen LogP contribution in [0.5, 0.6) is 0 Å². The molecule has 0 bridgehead atoms. The van der Waals surface area contributed by atoms with E-state index in [2.05, 4.69) is 35.5 Å². The average molecular weight is 467 g/mol. The second-order valence-corrected chi connectivity index (χ2v) is 10.2. The van der Waals surface area contributed by atoms with Crippen molar-refractivity contribution < 1.29 is 22.7 Å². The Morgan fingerprint density at radius 3 is 2.09 bits per heavy atom. The third-order valence-corrected chi connectivity index (χ3v) is 6.33. The van der Waals surface area contributed by atoms with Gasteiger partial charge >= 0.3 is 5.97 Å². The number of sulfonamides is 1. The van der Waals surface area contributed by atoms with Crippen LogP contribution >= 0.6 is 0 Å². The highest BCUT2D eigenvalue weighted by atomic mass is 32.2. The summed E-state index contributed by atoms with van der Waals surface area (Å²) in [5.41, 5.74) is 2.42. The molecule has 0 unspecified atom stereocenters. The van der Waals surface area contributed by atoms with Crippen LogP contribution in [0.1, 0.15) is 47.1 Å². The van der Waals surface area contributed by atoms with E-state index < -0.39 is 16.0 Å². The molecule has 0 fully saturated rings. The maximum atomic E-state index is 12.8. The van der Waals surface area contributed by atoms with E-state index in [1.54, 1.807) is 30.3 Å². The van der Waals surface area contributed by atoms with Crippen LogP contribution in [0.15, 0.2) is 77.7 Å². The number of hydrogen-bond acceptors (Lipinski definition) is 5. The third kappa shape index (κ3) is 5.98. The Balaban J connectivity index is 1.76. The van der Waals surface area contributed by atoms with E-state index in [0.29, 0.717) is 11.3 Å². The van der Waals surface area contributed by atoms with Gasteiger partial charge in [0.25, 0.3) is 15.9 Å². The zero-order chi connectivity index (χ0) is 24.2. The van der Waals surface area contributed by atoms with Crippen LogP contribution in [0.2, 0.25) is 0 Å². The molecule has 1 amide bonds. The molecule has 8 heteroatoms. The van der Waals surface area contributed by atoms with Gasteiger partial charge in [-0.2, -0.15) is 0 Å². The highest BCUT2D eigenvalue weighted by molar-refractivity contribution is 7.92. The van der Waals surface area contributed by atoms with Gasteiger partial charge in [0, 0.05) is 11.3 Å². The lowest BCUT2D eigenvalue weighted by Gasteiger charge is -2.19. The summed E-state index contributed by atoms with van der Waals surface area (Å²) in [5.74, 6) is -0.937. The number of carbonyl (C=O) groups excluding carboxylic acids is 2. The topological polar surface area (TPSA) is 102 Å². The molecule has 0 aliphatic heterocycles. The second kappa shape index (κ2) is 9.46. The Hall–Kier alpha value is -3.65. The predicted octanol–water partition coefficient (Wildman–Crippen LogP) is 4.82. The molecule has 0 saturated heterocycles. The van der Waals surface area contributed by atoms with Gasteiger partial charge in [0.1, 0.15) is 0 Å². The molecular weight excluding hydrogens is 440 g/mol. The number of methoxy groups -OCH3 is 1. The fraction of sp³-hybridized carbons (Fsp3) is 0.200. The minimum absolute atomic E-state index is 0.0170. The predicted molar refractivity (Wildman–Crippen MR) is 128 cm³/mol. The number of benzene rings is 3. The van der Waals surface area contributed by atoms with Gasteiger partial charge in [-0.3, -0.25) is 9.52 Å². The maximum Gasteiger partial charge on any atom is 0.337 e. The number of rotatable bonds is 6. The normalized spacial score (nSPS) is 11.5. The van der Waals surface area contributed by atoms with E-state index in [4.69, 9.17) is 0 Å². The van der Waals surface area contributed by atoms with Gasteiger partial charge < -0.3 is 10.1 Å². The van der Waals surface area contributed by atoms with Crippen LogP contribution in [-0.4, -0.2) is 27.4 Å². The van der Waals surface area contributed by atoms with E-state index in [1.807, 2.05) is 12.1 Å². The van der Waals surface area contributed by atoms with E-state index in [1.165, 1.54) is 37.4 Å². The summed E-state index contributed by atoms with van der Waals surface area (Å²) in [5, 5.41) is 2.78. The quantitative estimate of drug-likeness (QED) is 0.507. The molecule has 0 radical (unpaired) electrons. The number of anilines is 2. The highest BCUT2D eigenvalue weighted by Crippen LogP contribution is 2.23. The van der Waals surface area contributed by atoms with Crippen molar-refractivity contribution in [3.05, 3.63) is 89.5 Å². The van der Waals surface area contributed by atoms with Crippen molar-refractivity contribution in [2.45, 2.75) is 31.1 Å². The lowest BCUT2D eigenvalue weighted by atomic mass is 9.87. The van der Waals surface area contributed by atoms with Crippen molar-refractivity contribution in [1.29, 1.82) is 0 Å². The molecule has 3 aromatic rings. The van der Waals surface area contributed by atoms with E-state index in [0.717, 1.165) is 5.56 Å². The van der Waals surface area contributed by atoms with Crippen LogP contribution in [0, 0.1) is 0 Å². The summed E-state index contributed by atoms with van der Waals surface area (Å²) < 4.78 is 32.7. The van der Waals surface area contributed by atoms with Crippen LogP contribution in [-0.2, 0) is 20.2 Å². The maximum absolute atomic E-state index is 12.8. The number of amides is 1. The summed E-state index contributed by atoms with van der Waals surface area (Å²) >= 11 is 0. The van der Waals surface area contributed by atoms with Crippen molar-refractivity contribution in [2.75, 3.05) is 17.1 Å². The molecular formula is C25H26N2O5S. The molecule has 0 aliphatic rings. The largest absolute Gasteiger partial charge is 0.465 e. The molecule has 172 valence electrons. The van der Waals surface area contributed by atoms with Crippen LogP contribution in [0.4, 0.5) is 11.4 Å².